The molecule has 0 bridgehead atoms. The molecule has 0 aliphatic carbocycles. The fraction of sp³-hybridized carbons (Fsp3) is 0.143. The number of hydrogen-bond acceptors (Lipinski definition) is 7. The number of nitrogens with zero attached hydrogens (tertiary/aromatic N) is 3. The van der Waals surface area contributed by atoms with Crippen molar-refractivity contribution < 1.29 is 13.2 Å². The van der Waals surface area contributed by atoms with E-state index in [1.54, 1.807) is 30.5 Å². The van der Waals surface area contributed by atoms with Crippen molar-refractivity contribution in [1.82, 2.24) is 4.98 Å². The number of carbonyl (C=O) groups excluding carboxylic acids is 1. The lowest BCUT2D eigenvalue weighted by Crippen LogP contribution is -2.23. The van der Waals surface area contributed by atoms with Gasteiger partial charge >= 0.3 is 0 Å². The molecular formula is C21H16N4O3S2. The number of hydrogen-bond donors (Lipinski definition) is 1. The highest BCUT2D eigenvalue weighted by atomic mass is 32.2. The lowest BCUT2D eigenvalue weighted by Gasteiger charge is -2.05. The lowest BCUT2D eigenvalue weighted by molar-refractivity contribution is -0.113. The van der Waals surface area contributed by atoms with E-state index in [4.69, 9.17) is 10.5 Å². The van der Waals surface area contributed by atoms with Crippen LogP contribution in [0.1, 0.15) is 27.1 Å². The van der Waals surface area contributed by atoms with Crippen LogP contribution in [0.5, 0.6) is 0 Å². The van der Waals surface area contributed by atoms with E-state index in [0.29, 0.717) is 28.2 Å². The van der Waals surface area contributed by atoms with Gasteiger partial charge in [0.25, 0.3) is 0 Å². The minimum Gasteiger partial charge on any atom is -0.301 e. The standard InChI is InChI=1S/C21H16N4O3S2/c22-10-16-3-1-15(2-4-16)9-19-12-24-21(29-19)25-20(26)14-30(27,28)13-18-7-5-17(11-23)6-8-18/h1-8,12H,9,13-14H2,(H,24,25,26). The number of aromatic nitrogens is 1. The van der Waals surface area contributed by atoms with Crippen LogP contribution < -0.4 is 5.32 Å². The van der Waals surface area contributed by atoms with E-state index in [9.17, 15) is 13.2 Å². The number of rotatable bonds is 7. The molecule has 0 atom stereocenters. The van der Waals surface area contributed by atoms with Crippen LogP contribution in [0.2, 0.25) is 0 Å². The van der Waals surface area contributed by atoms with E-state index >= 15 is 0 Å². The van der Waals surface area contributed by atoms with E-state index in [0.717, 1.165) is 10.4 Å². The van der Waals surface area contributed by atoms with Crippen LogP contribution in [0.15, 0.2) is 54.7 Å². The maximum absolute atomic E-state index is 12.3. The molecule has 9 heteroatoms. The maximum atomic E-state index is 12.3. The zero-order chi connectivity index (χ0) is 21.6. The van der Waals surface area contributed by atoms with Crippen molar-refractivity contribution in [3.63, 3.8) is 0 Å². The average molecular weight is 437 g/mol. The molecule has 0 radical (unpaired) electrons. The summed E-state index contributed by atoms with van der Waals surface area (Å²) in [6.45, 7) is 0. The largest absolute Gasteiger partial charge is 0.301 e. The molecule has 0 aliphatic heterocycles. The summed E-state index contributed by atoms with van der Waals surface area (Å²) < 4.78 is 24.6. The summed E-state index contributed by atoms with van der Waals surface area (Å²) in [6, 6.07) is 17.4. The molecule has 0 aliphatic rings. The van der Waals surface area contributed by atoms with Crippen molar-refractivity contribution in [2.75, 3.05) is 11.1 Å². The summed E-state index contributed by atoms with van der Waals surface area (Å²) in [6.07, 6.45) is 2.22. The molecule has 3 aromatic rings. The third-order valence-electron chi connectivity index (χ3n) is 4.08. The first-order valence-electron chi connectivity index (χ1n) is 8.80. The molecule has 30 heavy (non-hydrogen) atoms. The zero-order valence-electron chi connectivity index (χ0n) is 15.7. The summed E-state index contributed by atoms with van der Waals surface area (Å²) in [4.78, 5) is 17.2. The third-order valence-corrected chi connectivity index (χ3v) is 6.47. The first-order chi connectivity index (χ1) is 14.4. The highest BCUT2D eigenvalue weighted by Gasteiger charge is 2.18. The van der Waals surface area contributed by atoms with Gasteiger partial charge in [-0.15, -0.1) is 11.3 Å². The number of carbonyl (C=O) groups is 1. The monoisotopic (exact) mass is 436 g/mol. The van der Waals surface area contributed by atoms with E-state index < -0.39 is 21.5 Å². The molecule has 3 rings (SSSR count). The quantitative estimate of drug-likeness (QED) is 0.607. The molecule has 7 nitrogen and oxygen atoms in total. The highest BCUT2D eigenvalue weighted by Crippen LogP contribution is 2.21. The van der Waals surface area contributed by atoms with Crippen molar-refractivity contribution in [3.8, 4) is 12.1 Å². The topological polar surface area (TPSA) is 124 Å². The van der Waals surface area contributed by atoms with Crippen molar-refractivity contribution in [1.29, 1.82) is 10.5 Å². The van der Waals surface area contributed by atoms with Gasteiger partial charge in [0.1, 0.15) is 5.75 Å². The van der Waals surface area contributed by atoms with Gasteiger partial charge in [-0.1, -0.05) is 24.3 Å². The number of amides is 1. The first-order valence-corrected chi connectivity index (χ1v) is 11.4. The second-order valence-corrected chi connectivity index (χ2v) is 9.69. The Hall–Kier alpha value is -3.53. The summed E-state index contributed by atoms with van der Waals surface area (Å²) in [5, 5.41) is 20.5. The normalized spacial score (nSPS) is 10.7. The van der Waals surface area contributed by atoms with Gasteiger partial charge in [-0.3, -0.25) is 4.79 Å². The summed E-state index contributed by atoms with van der Waals surface area (Å²) in [5.41, 5.74) is 2.54. The first kappa shape index (κ1) is 21.2. The van der Waals surface area contributed by atoms with Gasteiger partial charge in [0.15, 0.2) is 15.0 Å². The molecule has 2 aromatic carbocycles. The van der Waals surface area contributed by atoms with Gasteiger partial charge in [0.05, 0.1) is 29.0 Å². The summed E-state index contributed by atoms with van der Waals surface area (Å²) in [7, 11) is -3.67. The molecule has 0 saturated carbocycles. The van der Waals surface area contributed by atoms with E-state index in [-0.39, 0.29) is 5.75 Å². The van der Waals surface area contributed by atoms with Crippen molar-refractivity contribution in [2.24, 2.45) is 0 Å². The van der Waals surface area contributed by atoms with Crippen LogP contribution in [0.25, 0.3) is 0 Å². The Kier molecular flexibility index (Phi) is 6.58. The summed E-state index contributed by atoms with van der Waals surface area (Å²) >= 11 is 1.27. The van der Waals surface area contributed by atoms with Gasteiger partial charge in [-0.2, -0.15) is 10.5 Å². The maximum Gasteiger partial charge on any atom is 0.241 e. The van der Waals surface area contributed by atoms with E-state index in [2.05, 4.69) is 16.4 Å². The number of sulfone groups is 1. The molecule has 0 fully saturated rings. The van der Waals surface area contributed by atoms with Crippen LogP contribution in [-0.4, -0.2) is 25.1 Å². The second kappa shape index (κ2) is 9.31. The molecule has 0 saturated heterocycles. The van der Waals surface area contributed by atoms with Gasteiger partial charge in [0, 0.05) is 17.5 Å². The van der Waals surface area contributed by atoms with Crippen LogP contribution in [0, 0.1) is 22.7 Å². The predicted octanol–water partition coefficient (Wildman–Crippen LogP) is 3.03. The molecule has 1 amide bonds. The number of thiazole rings is 1. The third kappa shape index (κ3) is 5.98. The zero-order valence-corrected chi connectivity index (χ0v) is 17.3. The predicted molar refractivity (Wildman–Crippen MR) is 113 cm³/mol. The van der Waals surface area contributed by atoms with Crippen LogP contribution in [0.3, 0.4) is 0 Å². The summed E-state index contributed by atoms with van der Waals surface area (Å²) in [5.74, 6) is -1.59. The van der Waals surface area contributed by atoms with Crippen LogP contribution in [-0.2, 0) is 26.8 Å². The fourth-order valence-corrected chi connectivity index (χ4v) is 4.82. The SMILES string of the molecule is N#Cc1ccc(Cc2cnc(NC(=O)CS(=O)(=O)Cc3ccc(C#N)cc3)s2)cc1. The van der Waals surface area contributed by atoms with Gasteiger partial charge in [0.2, 0.25) is 5.91 Å². The Morgan fingerprint density at radius 3 is 2.10 bits per heavy atom. The fourth-order valence-electron chi connectivity index (χ4n) is 2.68. The molecule has 150 valence electrons. The molecule has 1 N–H and O–H groups in total. The molecule has 0 spiro atoms. The Labute approximate surface area is 178 Å². The number of nitrogens with one attached hydrogen (secondary N) is 1. The molecular weight excluding hydrogens is 420 g/mol. The lowest BCUT2D eigenvalue weighted by atomic mass is 10.1. The molecule has 1 aromatic heterocycles. The van der Waals surface area contributed by atoms with E-state index in [1.807, 2.05) is 18.2 Å². The number of benzene rings is 2. The van der Waals surface area contributed by atoms with Gasteiger partial charge in [-0.25, -0.2) is 13.4 Å². The Bertz CT molecular complexity index is 1230. The Balaban J connectivity index is 1.56. The van der Waals surface area contributed by atoms with Crippen molar-refractivity contribution >= 4 is 32.2 Å². The minimum absolute atomic E-state index is 0.284. The molecule has 1 heterocycles. The second-order valence-electron chi connectivity index (χ2n) is 6.51. The average Bonchev–Trinajstić information content (AvgIpc) is 3.14. The Morgan fingerprint density at radius 2 is 1.53 bits per heavy atom. The van der Waals surface area contributed by atoms with Gasteiger partial charge < -0.3 is 5.32 Å². The highest BCUT2D eigenvalue weighted by molar-refractivity contribution is 7.91. The van der Waals surface area contributed by atoms with E-state index in [1.165, 1.54) is 23.5 Å². The number of nitriles is 2. The minimum atomic E-state index is -3.67. The number of anilines is 1. The smallest absolute Gasteiger partial charge is 0.241 e. The van der Waals surface area contributed by atoms with Crippen LogP contribution >= 0.6 is 11.3 Å². The van der Waals surface area contributed by atoms with Gasteiger partial charge in [-0.05, 0) is 35.4 Å². The molecule has 0 unspecified atom stereocenters. The van der Waals surface area contributed by atoms with Crippen molar-refractivity contribution in [3.05, 3.63) is 81.9 Å². The van der Waals surface area contributed by atoms with Crippen molar-refractivity contribution in [2.45, 2.75) is 12.2 Å². The Morgan fingerprint density at radius 1 is 0.967 bits per heavy atom. The van der Waals surface area contributed by atoms with Crippen LogP contribution in [0.4, 0.5) is 5.13 Å².